The number of alkyl halides is 3. The zero-order valence-corrected chi connectivity index (χ0v) is 7.59. The van der Waals surface area contributed by atoms with Crippen molar-refractivity contribution >= 4 is 0 Å². The van der Waals surface area contributed by atoms with Crippen molar-refractivity contribution in [1.29, 1.82) is 0 Å². The minimum Gasteiger partial charge on any atom is -0.330 e. The van der Waals surface area contributed by atoms with Crippen LogP contribution >= 0.6 is 0 Å². The fourth-order valence-electron chi connectivity index (χ4n) is 1.23. The van der Waals surface area contributed by atoms with Crippen molar-refractivity contribution in [3.8, 4) is 0 Å². The lowest BCUT2D eigenvalue weighted by molar-refractivity contribution is -0.171. The van der Waals surface area contributed by atoms with Crippen LogP contribution in [0.1, 0.15) is 5.56 Å². The molecular formula is C10H12F3N. The molecule has 1 rings (SSSR count). The summed E-state index contributed by atoms with van der Waals surface area (Å²) in [5.41, 5.74) is 5.75. The third-order valence-electron chi connectivity index (χ3n) is 2.07. The molecule has 0 aromatic heterocycles. The molecule has 0 radical (unpaired) electrons. The molecule has 1 aromatic rings. The van der Waals surface area contributed by atoms with Crippen LogP contribution < -0.4 is 5.73 Å². The van der Waals surface area contributed by atoms with Crippen LogP contribution in [0.3, 0.4) is 0 Å². The average Bonchev–Trinajstić information content (AvgIpc) is 2.14. The third kappa shape index (κ3) is 3.03. The van der Waals surface area contributed by atoms with Gasteiger partial charge in [0.05, 0.1) is 5.92 Å². The number of hydrogen-bond donors (Lipinski definition) is 1. The maximum Gasteiger partial charge on any atom is 0.393 e. The molecule has 0 bridgehead atoms. The maximum absolute atomic E-state index is 12.3. The molecule has 0 fully saturated rings. The molecule has 0 saturated heterocycles. The van der Waals surface area contributed by atoms with Crippen molar-refractivity contribution in [3.05, 3.63) is 35.9 Å². The first-order valence-corrected chi connectivity index (χ1v) is 4.34. The number of benzene rings is 1. The molecular weight excluding hydrogens is 191 g/mol. The van der Waals surface area contributed by atoms with Crippen LogP contribution in [0.15, 0.2) is 30.3 Å². The molecule has 0 aliphatic rings. The highest BCUT2D eigenvalue weighted by Crippen LogP contribution is 2.28. The average molecular weight is 203 g/mol. The van der Waals surface area contributed by atoms with E-state index < -0.39 is 12.1 Å². The van der Waals surface area contributed by atoms with Crippen LogP contribution in [0, 0.1) is 5.92 Å². The largest absolute Gasteiger partial charge is 0.393 e. The van der Waals surface area contributed by atoms with Crippen LogP contribution in [0.4, 0.5) is 13.2 Å². The van der Waals surface area contributed by atoms with E-state index in [1.54, 1.807) is 30.3 Å². The normalized spacial score (nSPS) is 14.0. The summed E-state index contributed by atoms with van der Waals surface area (Å²) in [5, 5.41) is 0. The van der Waals surface area contributed by atoms with Gasteiger partial charge in [0.1, 0.15) is 0 Å². The fourth-order valence-corrected chi connectivity index (χ4v) is 1.23. The molecule has 0 aliphatic heterocycles. The summed E-state index contributed by atoms with van der Waals surface area (Å²) in [7, 11) is 0. The second kappa shape index (κ2) is 4.46. The Hall–Kier alpha value is -1.03. The molecule has 0 aliphatic carbocycles. The van der Waals surface area contributed by atoms with Crippen molar-refractivity contribution < 1.29 is 13.2 Å². The standard InChI is InChI=1S/C10H12F3N/c11-10(12,13)9(7-14)6-8-4-2-1-3-5-8/h1-5,9H,6-7,14H2/t9-/m0/s1. The first kappa shape index (κ1) is 11.0. The van der Waals surface area contributed by atoms with Crippen LogP contribution in [0.2, 0.25) is 0 Å². The highest BCUT2D eigenvalue weighted by Gasteiger charge is 2.38. The maximum atomic E-state index is 12.3. The summed E-state index contributed by atoms with van der Waals surface area (Å²) in [5.74, 6) is -1.44. The van der Waals surface area contributed by atoms with Gasteiger partial charge in [-0.1, -0.05) is 30.3 Å². The molecule has 2 N–H and O–H groups in total. The summed E-state index contributed by atoms with van der Waals surface area (Å²) < 4.78 is 37.0. The molecule has 0 heterocycles. The van der Waals surface area contributed by atoms with E-state index in [1.807, 2.05) is 0 Å². The predicted molar refractivity (Wildman–Crippen MR) is 48.7 cm³/mol. The van der Waals surface area contributed by atoms with Crippen LogP contribution in [0.25, 0.3) is 0 Å². The first-order valence-electron chi connectivity index (χ1n) is 4.34. The second-order valence-corrected chi connectivity index (χ2v) is 3.16. The number of hydrogen-bond acceptors (Lipinski definition) is 1. The van der Waals surface area contributed by atoms with E-state index in [2.05, 4.69) is 0 Å². The van der Waals surface area contributed by atoms with E-state index in [4.69, 9.17) is 5.73 Å². The van der Waals surface area contributed by atoms with Crippen LogP contribution in [0.5, 0.6) is 0 Å². The van der Waals surface area contributed by atoms with Gasteiger partial charge < -0.3 is 5.73 Å². The number of rotatable bonds is 3. The monoisotopic (exact) mass is 203 g/mol. The van der Waals surface area contributed by atoms with Crippen LogP contribution in [-0.2, 0) is 6.42 Å². The second-order valence-electron chi connectivity index (χ2n) is 3.16. The van der Waals surface area contributed by atoms with Crippen molar-refractivity contribution in [1.82, 2.24) is 0 Å². The fraction of sp³-hybridized carbons (Fsp3) is 0.400. The van der Waals surface area contributed by atoms with E-state index in [0.29, 0.717) is 5.56 Å². The van der Waals surface area contributed by atoms with Gasteiger partial charge in [0, 0.05) is 6.54 Å². The van der Waals surface area contributed by atoms with Crippen molar-refractivity contribution in [3.63, 3.8) is 0 Å². The topological polar surface area (TPSA) is 26.0 Å². The lowest BCUT2D eigenvalue weighted by Gasteiger charge is -2.18. The van der Waals surface area contributed by atoms with E-state index in [1.165, 1.54) is 0 Å². The van der Waals surface area contributed by atoms with Gasteiger partial charge in [0.2, 0.25) is 0 Å². The van der Waals surface area contributed by atoms with Crippen molar-refractivity contribution in [2.75, 3.05) is 6.54 Å². The number of halogens is 3. The summed E-state index contributed by atoms with van der Waals surface area (Å²) in [6.07, 6.45) is -4.24. The molecule has 1 aromatic carbocycles. The smallest absolute Gasteiger partial charge is 0.330 e. The Morgan fingerprint density at radius 1 is 1.14 bits per heavy atom. The quantitative estimate of drug-likeness (QED) is 0.801. The van der Waals surface area contributed by atoms with Gasteiger partial charge in [-0.15, -0.1) is 0 Å². The minimum absolute atomic E-state index is 0.0408. The van der Waals surface area contributed by atoms with Gasteiger partial charge >= 0.3 is 6.18 Å². The Balaban J connectivity index is 2.67. The summed E-state index contributed by atoms with van der Waals surface area (Å²) in [4.78, 5) is 0. The third-order valence-corrected chi connectivity index (χ3v) is 2.07. The Kier molecular flexibility index (Phi) is 3.52. The predicted octanol–water partition coefficient (Wildman–Crippen LogP) is 2.37. The summed E-state index contributed by atoms with van der Waals surface area (Å²) in [6, 6.07) is 8.57. The Labute approximate surface area is 80.7 Å². The van der Waals surface area contributed by atoms with Gasteiger partial charge in [0.15, 0.2) is 0 Å². The van der Waals surface area contributed by atoms with E-state index >= 15 is 0 Å². The summed E-state index contributed by atoms with van der Waals surface area (Å²) >= 11 is 0. The zero-order chi connectivity index (χ0) is 10.6. The van der Waals surface area contributed by atoms with Gasteiger partial charge in [-0.05, 0) is 12.0 Å². The highest BCUT2D eigenvalue weighted by atomic mass is 19.4. The molecule has 78 valence electrons. The molecule has 0 unspecified atom stereocenters. The molecule has 0 saturated carbocycles. The Morgan fingerprint density at radius 2 is 1.71 bits per heavy atom. The van der Waals surface area contributed by atoms with Gasteiger partial charge in [-0.25, -0.2) is 0 Å². The Bertz CT molecular complexity index is 268. The van der Waals surface area contributed by atoms with Crippen molar-refractivity contribution in [2.24, 2.45) is 11.7 Å². The lowest BCUT2D eigenvalue weighted by atomic mass is 9.99. The van der Waals surface area contributed by atoms with E-state index in [9.17, 15) is 13.2 Å². The highest BCUT2D eigenvalue weighted by molar-refractivity contribution is 5.15. The van der Waals surface area contributed by atoms with Gasteiger partial charge in [-0.2, -0.15) is 13.2 Å². The molecule has 1 atom stereocenters. The summed E-state index contributed by atoms with van der Waals surface area (Å²) in [6.45, 7) is -0.363. The number of nitrogens with two attached hydrogens (primary N) is 1. The van der Waals surface area contributed by atoms with Gasteiger partial charge in [-0.3, -0.25) is 0 Å². The SMILES string of the molecule is NC[C@H](Cc1ccccc1)C(F)(F)F. The molecule has 0 amide bonds. The van der Waals surface area contributed by atoms with E-state index in [-0.39, 0.29) is 13.0 Å². The lowest BCUT2D eigenvalue weighted by Crippen LogP contribution is -2.31. The molecule has 14 heavy (non-hydrogen) atoms. The van der Waals surface area contributed by atoms with Crippen LogP contribution in [-0.4, -0.2) is 12.7 Å². The molecule has 1 nitrogen and oxygen atoms in total. The molecule has 4 heteroatoms. The molecule has 0 spiro atoms. The van der Waals surface area contributed by atoms with E-state index in [0.717, 1.165) is 0 Å². The first-order chi connectivity index (χ1) is 6.54. The van der Waals surface area contributed by atoms with Crippen molar-refractivity contribution in [2.45, 2.75) is 12.6 Å². The van der Waals surface area contributed by atoms with Gasteiger partial charge in [0.25, 0.3) is 0 Å². The minimum atomic E-state index is -4.20. The zero-order valence-electron chi connectivity index (χ0n) is 7.59. The Morgan fingerprint density at radius 3 is 2.14 bits per heavy atom.